The molecule has 0 amide bonds. The van der Waals surface area contributed by atoms with Crippen LogP contribution in [0.2, 0.25) is 0 Å². The van der Waals surface area contributed by atoms with Gasteiger partial charge in [-0.15, -0.1) is 6.58 Å². The highest BCUT2D eigenvalue weighted by atomic mass is 15.2. The molecule has 0 N–H and O–H groups in total. The maximum Gasteiger partial charge on any atom is 0.0170 e. The summed E-state index contributed by atoms with van der Waals surface area (Å²) in [6.45, 7) is 11.5. The molecule has 2 fully saturated rings. The number of allylic oxidation sites excluding steroid dienone is 1. The monoisotopic (exact) mass is 295 g/mol. The van der Waals surface area contributed by atoms with Gasteiger partial charge in [0.05, 0.1) is 0 Å². The standard InChI is InChI=1S/C21H29N/c1-4-9-21-10-11-22(14-17-6-7-17)20(16(21)3)13-18-8-5-15(2)12-19(18)21/h4-5,8,12,16-17,20H,1,6-7,9-11,13-14H2,2-3H3/t16-,20?,21-/m0/s1. The minimum absolute atomic E-state index is 0.339. The maximum atomic E-state index is 4.09. The highest BCUT2D eigenvalue weighted by Gasteiger charge is 2.50. The lowest BCUT2D eigenvalue weighted by molar-refractivity contribution is 0.0211. The third kappa shape index (κ3) is 2.17. The zero-order valence-electron chi connectivity index (χ0n) is 14.1. The molecule has 4 rings (SSSR count). The van der Waals surface area contributed by atoms with E-state index in [-0.39, 0.29) is 0 Å². The average molecular weight is 295 g/mol. The number of likely N-dealkylation sites (tertiary alicyclic amines) is 1. The minimum atomic E-state index is 0.339. The van der Waals surface area contributed by atoms with Crippen molar-refractivity contribution in [1.82, 2.24) is 4.90 Å². The molecule has 0 spiro atoms. The van der Waals surface area contributed by atoms with E-state index < -0.39 is 0 Å². The Balaban J connectivity index is 1.75. The van der Waals surface area contributed by atoms with E-state index in [1.807, 2.05) is 0 Å². The lowest BCUT2D eigenvalue weighted by Crippen LogP contribution is -2.59. The van der Waals surface area contributed by atoms with Crippen molar-refractivity contribution in [3.8, 4) is 0 Å². The van der Waals surface area contributed by atoms with Crippen LogP contribution < -0.4 is 0 Å². The number of piperidine rings is 1. The number of aryl methyl sites for hydroxylation is 1. The minimum Gasteiger partial charge on any atom is -0.299 e. The molecule has 118 valence electrons. The Bertz CT molecular complexity index is 586. The summed E-state index contributed by atoms with van der Waals surface area (Å²) >= 11 is 0. The van der Waals surface area contributed by atoms with E-state index in [2.05, 4.69) is 49.6 Å². The summed E-state index contributed by atoms with van der Waals surface area (Å²) in [5, 5.41) is 0. The van der Waals surface area contributed by atoms with E-state index in [1.165, 1.54) is 44.3 Å². The predicted octanol–water partition coefficient (Wildman–Crippen LogP) is 4.49. The van der Waals surface area contributed by atoms with Gasteiger partial charge in [-0.2, -0.15) is 0 Å². The van der Waals surface area contributed by atoms with Crippen molar-refractivity contribution in [1.29, 1.82) is 0 Å². The van der Waals surface area contributed by atoms with Crippen molar-refractivity contribution in [3.63, 3.8) is 0 Å². The molecule has 3 atom stereocenters. The van der Waals surface area contributed by atoms with E-state index in [1.54, 1.807) is 11.1 Å². The van der Waals surface area contributed by atoms with Gasteiger partial charge in [-0.25, -0.2) is 0 Å². The number of benzene rings is 1. The largest absolute Gasteiger partial charge is 0.299 e. The van der Waals surface area contributed by atoms with Crippen LogP contribution in [0.5, 0.6) is 0 Å². The van der Waals surface area contributed by atoms with Crippen LogP contribution in [-0.2, 0) is 11.8 Å². The van der Waals surface area contributed by atoms with E-state index in [0.717, 1.165) is 24.3 Å². The normalized spacial score (nSPS) is 34.3. The Hall–Kier alpha value is -1.08. The zero-order chi connectivity index (χ0) is 15.3. The lowest BCUT2D eigenvalue weighted by Gasteiger charge is -2.56. The summed E-state index contributed by atoms with van der Waals surface area (Å²) in [6, 6.07) is 7.92. The first-order valence-corrected chi connectivity index (χ1v) is 9.09. The summed E-state index contributed by atoms with van der Waals surface area (Å²) < 4.78 is 0. The van der Waals surface area contributed by atoms with Crippen molar-refractivity contribution < 1.29 is 0 Å². The third-order valence-electron chi connectivity index (χ3n) is 6.69. The Morgan fingerprint density at radius 2 is 2.18 bits per heavy atom. The van der Waals surface area contributed by atoms with Crippen LogP contribution in [0.15, 0.2) is 30.9 Å². The molecule has 22 heavy (non-hydrogen) atoms. The fraction of sp³-hybridized carbons (Fsp3) is 0.619. The summed E-state index contributed by atoms with van der Waals surface area (Å²) in [7, 11) is 0. The molecule has 0 aromatic heterocycles. The van der Waals surface area contributed by atoms with E-state index in [0.29, 0.717) is 5.41 Å². The molecule has 3 aliphatic rings. The van der Waals surface area contributed by atoms with Gasteiger partial charge in [0.1, 0.15) is 0 Å². The second-order valence-corrected chi connectivity index (χ2v) is 8.06. The van der Waals surface area contributed by atoms with Crippen molar-refractivity contribution in [2.75, 3.05) is 13.1 Å². The van der Waals surface area contributed by atoms with Crippen LogP contribution in [0.1, 0.15) is 49.3 Å². The number of fused-ring (bicyclic) bond motifs is 4. The average Bonchev–Trinajstić information content (AvgIpc) is 3.30. The fourth-order valence-corrected chi connectivity index (χ4v) is 5.18. The number of rotatable bonds is 4. The Labute approximate surface area is 135 Å². The molecule has 1 nitrogen and oxygen atoms in total. The first kappa shape index (κ1) is 14.5. The second-order valence-electron chi connectivity index (χ2n) is 8.06. The number of hydrogen-bond acceptors (Lipinski definition) is 1. The topological polar surface area (TPSA) is 3.24 Å². The van der Waals surface area contributed by atoms with Crippen molar-refractivity contribution in [2.24, 2.45) is 11.8 Å². The number of hydrogen-bond donors (Lipinski definition) is 0. The fourth-order valence-electron chi connectivity index (χ4n) is 5.18. The van der Waals surface area contributed by atoms with Gasteiger partial charge < -0.3 is 0 Å². The van der Waals surface area contributed by atoms with Crippen LogP contribution in [0, 0.1) is 18.8 Å². The Morgan fingerprint density at radius 1 is 1.36 bits per heavy atom. The zero-order valence-corrected chi connectivity index (χ0v) is 14.1. The first-order chi connectivity index (χ1) is 10.6. The summed E-state index contributed by atoms with van der Waals surface area (Å²) in [5.74, 6) is 1.74. The highest BCUT2D eigenvalue weighted by molar-refractivity contribution is 5.43. The van der Waals surface area contributed by atoms with Gasteiger partial charge in [0.15, 0.2) is 0 Å². The van der Waals surface area contributed by atoms with Gasteiger partial charge in [0, 0.05) is 18.0 Å². The predicted molar refractivity (Wildman–Crippen MR) is 93.2 cm³/mol. The SMILES string of the molecule is C=CC[C@@]12CCN(CC3CC3)C(Cc3ccc(C)cc31)[C@@H]2C. The molecule has 1 heteroatoms. The molecule has 1 aliphatic heterocycles. The quantitative estimate of drug-likeness (QED) is 0.740. The number of nitrogens with zero attached hydrogens (tertiary/aromatic N) is 1. The van der Waals surface area contributed by atoms with Crippen LogP contribution in [0.3, 0.4) is 0 Å². The summed E-state index contributed by atoms with van der Waals surface area (Å²) in [4.78, 5) is 2.83. The van der Waals surface area contributed by atoms with E-state index in [9.17, 15) is 0 Å². The molecule has 1 aromatic rings. The van der Waals surface area contributed by atoms with Crippen LogP contribution in [0.4, 0.5) is 0 Å². The molecule has 1 saturated heterocycles. The highest BCUT2D eigenvalue weighted by Crippen LogP contribution is 2.51. The van der Waals surface area contributed by atoms with E-state index in [4.69, 9.17) is 0 Å². The van der Waals surface area contributed by atoms with Gasteiger partial charge in [-0.1, -0.05) is 36.8 Å². The molecule has 1 unspecified atom stereocenters. The summed E-state index contributed by atoms with van der Waals surface area (Å²) in [5.41, 5.74) is 5.00. The molecular weight excluding hydrogens is 266 g/mol. The molecule has 2 bridgehead atoms. The van der Waals surface area contributed by atoms with Crippen molar-refractivity contribution >= 4 is 0 Å². The molecule has 1 heterocycles. The van der Waals surface area contributed by atoms with Gasteiger partial charge in [0.25, 0.3) is 0 Å². The van der Waals surface area contributed by atoms with Gasteiger partial charge in [-0.05, 0) is 68.5 Å². The van der Waals surface area contributed by atoms with E-state index >= 15 is 0 Å². The molecule has 2 aliphatic carbocycles. The smallest absolute Gasteiger partial charge is 0.0170 e. The van der Waals surface area contributed by atoms with Crippen LogP contribution in [0.25, 0.3) is 0 Å². The van der Waals surface area contributed by atoms with Crippen molar-refractivity contribution in [2.45, 2.75) is 57.4 Å². The molecular formula is C21H29N. The third-order valence-corrected chi connectivity index (χ3v) is 6.69. The van der Waals surface area contributed by atoms with Crippen molar-refractivity contribution in [3.05, 3.63) is 47.5 Å². The van der Waals surface area contributed by atoms with Gasteiger partial charge in [-0.3, -0.25) is 4.90 Å². The maximum absolute atomic E-state index is 4.09. The van der Waals surface area contributed by atoms with Gasteiger partial charge >= 0.3 is 0 Å². The van der Waals surface area contributed by atoms with Crippen LogP contribution in [-0.4, -0.2) is 24.0 Å². The van der Waals surface area contributed by atoms with Gasteiger partial charge in [0.2, 0.25) is 0 Å². The second kappa shape index (κ2) is 5.23. The Kier molecular flexibility index (Phi) is 3.45. The summed E-state index contributed by atoms with van der Waals surface area (Å²) in [6.07, 6.45) is 8.79. The first-order valence-electron chi connectivity index (χ1n) is 9.09. The molecule has 1 aromatic carbocycles. The molecule has 0 radical (unpaired) electrons. The Morgan fingerprint density at radius 3 is 2.91 bits per heavy atom. The lowest BCUT2D eigenvalue weighted by atomic mass is 9.56. The molecule has 1 saturated carbocycles. The van der Waals surface area contributed by atoms with Crippen LogP contribution >= 0.6 is 0 Å².